The predicted octanol–water partition coefficient (Wildman–Crippen LogP) is 0.0603. The zero-order chi connectivity index (χ0) is 8.32. The molecular weight excluding hydrogens is 142 g/mol. The molecule has 3 N–H and O–H groups in total. The van der Waals surface area contributed by atoms with E-state index >= 15 is 0 Å². The van der Waals surface area contributed by atoms with E-state index in [-0.39, 0.29) is 5.91 Å². The van der Waals surface area contributed by atoms with Crippen LogP contribution < -0.4 is 11.3 Å². The lowest BCUT2D eigenvalue weighted by Crippen LogP contribution is -2.42. The van der Waals surface area contributed by atoms with Crippen molar-refractivity contribution in [1.82, 2.24) is 5.43 Å². The fourth-order valence-electron chi connectivity index (χ4n) is 1.51. The number of nitrogens with one attached hydrogen (secondary N) is 1. The van der Waals surface area contributed by atoms with Crippen LogP contribution in [0.2, 0.25) is 0 Å². The Labute approximate surface area is 65.3 Å². The minimum absolute atomic E-state index is 0.336. The van der Waals surface area contributed by atoms with Crippen LogP contribution in [0.5, 0.6) is 0 Å². The van der Waals surface area contributed by atoms with Crippen LogP contribution in [-0.2, 0) is 4.79 Å². The molecule has 0 aromatic heterocycles. The van der Waals surface area contributed by atoms with Crippen molar-refractivity contribution in [1.29, 1.82) is 5.26 Å². The summed E-state index contributed by atoms with van der Waals surface area (Å²) in [6.45, 7) is 0. The number of nitriles is 1. The Morgan fingerprint density at radius 1 is 1.55 bits per heavy atom. The molecule has 0 aromatic carbocycles. The molecule has 1 fully saturated rings. The Morgan fingerprint density at radius 2 is 2.09 bits per heavy atom. The fourth-order valence-corrected chi connectivity index (χ4v) is 1.51. The molecule has 11 heavy (non-hydrogen) atoms. The maximum atomic E-state index is 11.1. The van der Waals surface area contributed by atoms with Crippen LogP contribution in [0.25, 0.3) is 0 Å². The first-order valence-electron chi connectivity index (χ1n) is 3.67. The molecule has 0 bridgehead atoms. The van der Waals surface area contributed by atoms with E-state index in [0.29, 0.717) is 12.8 Å². The summed E-state index contributed by atoms with van der Waals surface area (Å²) in [5.41, 5.74) is 1.21. The summed E-state index contributed by atoms with van der Waals surface area (Å²) in [6, 6.07) is 2.04. The first-order valence-corrected chi connectivity index (χ1v) is 3.67. The number of nitrogens with two attached hydrogens (primary N) is 1. The molecule has 1 aliphatic rings. The average molecular weight is 153 g/mol. The molecule has 4 heteroatoms. The molecule has 1 rings (SSSR count). The molecule has 0 radical (unpaired) electrons. The summed E-state index contributed by atoms with van der Waals surface area (Å²) >= 11 is 0. The normalized spacial score (nSPS) is 20.7. The molecule has 0 aliphatic heterocycles. The highest BCUT2D eigenvalue weighted by Gasteiger charge is 2.40. The molecule has 60 valence electrons. The number of hydrazine groups is 1. The average Bonchev–Trinajstić information content (AvgIpc) is 2.52. The Balaban J connectivity index is 2.76. The molecule has 0 heterocycles. The molecule has 4 nitrogen and oxygen atoms in total. The molecule has 0 spiro atoms. The van der Waals surface area contributed by atoms with Gasteiger partial charge in [0.15, 0.2) is 0 Å². The van der Waals surface area contributed by atoms with Crippen LogP contribution in [0.1, 0.15) is 25.7 Å². The Bertz CT molecular complexity index is 200. The van der Waals surface area contributed by atoms with E-state index in [9.17, 15) is 4.79 Å². The minimum Gasteiger partial charge on any atom is -0.293 e. The van der Waals surface area contributed by atoms with Crippen molar-refractivity contribution in [3.8, 4) is 6.07 Å². The summed E-state index contributed by atoms with van der Waals surface area (Å²) in [6.07, 6.45) is 3.18. The second-order valence-corrected chi connectivity index (χ2v) is 2.87. The van der Waals surface area contributed by atoms with Crippen molar-refractivity contribution in [2.24, 2.45) is 11.3 Å². The summed E-state index contributed by atoms with van der Waals surface area (Å²) in [5.74, 6) is 4.63. The summed E-state index contributed by atoms with van der Waals surface area (Å²) < 4.78 is 0. The van der Waals surface area contributed by atoms with Crippen molar-refractivity contribution < 1.29 is 4.79 Å². The lowest BCUT2D eigenvalue weighted by atomic mass is 9.87. The summed E-state index contributed by atoms with van der Waals surface area (Å²) in [5, 5.41) is 8.75. The van der Waals surface area contributed by atoms with Crippen LogP contribution in [0.3, 0.4) is 0 Å². The lowest BCUT2D eigenvalue weighted by Gasteiger charge is -2.16. The molecule has 1 amide bonds. The second kappa shape index (κ2) is 2.89. The number of rotatable bonds is 1. The van der Waals surface area contributed by atoms with Gasteiger partial charge in [-0.25, -0.2) is 5.84 Å². The van der Waals surface area contributed by atoms with E-state index in [1.54, 1.807) is 0 Å². The molecular formula is C7H11N3O. The number of carbonyl (C=O) groups excluding carboxylic acids is 1. The zero-order valence-electron chi connectivity index (χ0n) is 6.26. The second-order valence-electron chi connectivity index (χ2n) is 2.87. The van der Waals surface area contributed by atoms with Crippen LogP contribution in [0.4, 0.5) is 0 Å². The van der Waals surface area contributed by atoms with E-state index in [0.717, 1.165) is 12.8 Å². The van der Waals surface area contributed by atoms with E-state index in [4.69, 9.17) is 11.1 Å². The highest BCUT2D eigenvalue weighted by atomic mass is 16.2. The first kappa shape index (κ1) is 8.02. The number of hydrogen-bond acceptors (Lipinski definition) is 3. The fraction of sp³-hybridized carbons (Fsp3) is 0.714. The van der Waals surface area contributed by atoms with Crippen LogP contribution >= 0.6 is 0 Å². The number of hydrogen-bond donors (Lipinski definition) is 2. The van der Waals surface area contributed by atoms with E-state index in [2.05, 4.69) is 0 Å². The maximum Gasteiger partial charge on any atom is 0.254 e. The molecule has 1 saturated carbocycles. The quantitative estimate of drug-likeness (QED) is 0.317. The van der Waals surface area contributed by atoms with Gasteiger partial charge in [0.2, 0.25) is 0 Å². The van der Waals surface area contributed by atoms with Gasteiger partial charge in [0.25, 0.3) is 5.91 Å². The van der Waals surface area contributed by atoms with Gasteiger partial charge < -0.3 is 0 Å². The summed E-state index contributed by atoms with van der Waals surface area (Å²) in [4.78, 5) is 11.1. The third-order valence-corrected chi connectivity index (χ3v) is 2.24. The molecule has 0 unspecified atom stereocenters. The van der Waals surface area contributed by atoms with Crippen LogP contribution in [0, 0.1) is 16.7 Å². The largest absolute Gasteiger partial charge is 0.293 e. The van der Waals surface area contributed by atoms with Crippen LogP contribution in [0.15, 0.2) is 0 Å². The first-order chi connectivity index (χ1) is 5.25. The minimum atomic E-state index is -0.825. The van der Waals surface area contributed by atoms with Crippen molar-refractivity contribution in [3.05, 3.63) is 0 Å². The third-order valence-electron chi connectivity index (χ3n) is 2.24. The zero-order valence-corrected chi connectivity index (χ0v) is 6.26. The third kappa shape index (κ3) is 1.19. The predicted molar refractivity (Wildman–Crippen MR) is 38.8 cm³/mol. The van der Waals surface area contributed by atoms with Crippen LogP contribution in [-0.4, -0.2) is 5.91 Å². The highest BCUT2D eigenvalue weighted by Crippen LogP contribution is 2.37. The standard InChI is InChI=1S/C7H11N3O/c8-5-7(6(11)10-9)3-1-2-4-7/h1-4,9H2,(H,10,11). The lowest BCUT2D eigenvalue weighted by molar-refractivity contribution is -0.128. The molecule has 0 aromatic rings. The van der Waals surface area contributed by atoms with Crippen molar-refractivity contribution in [2.75, 3.05) is 0 Å². The molecule has 1 aliphatic carbocycles. The SMILES string of the molecule is N#CC1(C(=O)NN)CCCC1. The van der Waals surface area contributed by atoms with Gasteiger partial charge in [-0.05, 0) is 12.8 Å². The Hall–Kier alpha value is -1.08. The van der Waals surface area contributed by atoms with Gasteiger partial charge in [0.1, 0.15) is 5.41 Å². The van der Waals surface area contributed by atoms with Gasteiger partial charge in [0.05, 0.1) is 6.07 Å². The van der Waals surface area contributed by atoms with Crippen molar-refractivity contribution >= 4 is 5.91 Å². The van der Waals surface area contributed by atoms with E-state index in [1.807, 2.05) is 11.5 Å². The number of carbonyl (C=O) groups is 1. The van der Waals surface area contributed by atoms with Gasteiger partial charge >= 0.3 is 0 Å². The molecule has 0 saturated heterocycles. The molecule has 0 atom stereocenters. The van der Waals surface area contributed by atoms with E-state index < -0.39 is 5.41 Å². The highest BCUT2D eigenvalue weighted by molar-refractivity contribution is 5.85. The Kier molecular flexibility index (Phi) is 2.11. The van der Waals surface area contributed by atoms with Crippen molar-refractivity contribution in [3.63, 3.8) is 0 Å². The monoisotopic (exact) mass is 153 g/mol. The van der Waals surface area contributed by atoms with E-state index in [1.165, 1.54) is 0 Å². The number of nitrogens with zero attached hydrogens (tertiary/aromatic N) is 1. The van der Waals surface area contributed by atoms with Crippen molar-refractivity contribution in [2.45, 2.75) is 25.7 Å². The van der Waals surface area contributed by atoms with Gasteiger partial charge in [-0.1, -0.05) is 12.8 Å². The van der Waals surface area contributed by atoms with Gasteiger partial charge in [-0.2, -0.15) is 5.26 Å². The summed E-state index contributed by atoms with van der Waals surface area (Å²) in [7, 11) is 0. The van der Waals surface area contributed by atoms with Gasteiger partial charge in [-0.15, -0.1) is 0 Å². The maximum absolute atomic E-state index is 11.1. The number of amides is 1. The van der Waals surface area contributed by atoms with Gasteiger partial charge in [0, 0.05) is 0 Å². The topological polar surface area (TPSA) is 78.9 Å². The smallest absolute Gasteiger partial charge is 0.254 e. The van der Waals surface area contributed by atoms with Gasteiger partial charge in [-0.3, -0.25) is 10.2 Å². The Morgan fingerprint density at radius 3 is 2.45 bits per heavy atom.